The molecule has 150 valence electrons. The predicted octanol–water partition coefficient (Wildman–Crippen LogP) is 7.64. The molecule has 0 bridgehead atoms. The summed E-state index contributed by atoms with van der Waals surface area (Å²) >= 11 is 0. The van der Waals surface area contributed by atoms with Crippen LogP contribution in [0.5, 0.6) is 5.75 Å². The fourth-order valence-electron chi connectivity index (χ4n) is 4.24. The van der Waals surface area contributed by atoms with Crippen molar-refractivity contribution >= 4 is 37.7 Å². The lowest BCUT2D eigenvalue weighted by Crippen LogP contribution is -2.16. The van der Waals surface area contributed by atoms with E-state index in [1.165, 1.54) is 16.3 Å². The molecule has 0 aliphatic carbocycles. The number of rotatable bonds is 2. The lowest BCUT2D eigenvalue weighted by Gasteiger charge is -2.27. The molecule has 0 saturated carbocycles. The Morgan fingerprint density at radius 1 is 0.903 bits per heavy atom. The van der Waals surface area contributed by atoms with Crippen molar-refractivity contribution in [3.05, 3.63) is 108 Å². The maximum Gasteiger partial charge on any atom is 0.300 e. The van der Waals surface area contributed by atoms with Crippen LogP contribution in [0.3, 0.4) is 0 Å². The first-order chi connectivity index (χ1) is 15.2. The molecule has 1 aromatic heterocycles. The van der Waals surface area contributed by atoms with Gasteiger partial charge in [0.25, 0.3) is 7.37 Å². The van der Waals surface area contributed by atoms with E-state index in [0.717, 1.165) is 29.9 Å². The monoisotopic (exact) mass is 440 g/mol. The van der Waals surface area contributed by atoms with Crippen molar-refractivity contribution < 1.29 is 13.8 Å². The van der Waals surface area contributed by atoms with Gasteiger partial charge in [0.2, 0.25) is 0 Å². The molecular formula is C26H18O3P2. The van der Waals surface area contributed by atoms with E-state index in [4.69, 9.17) is 9.26 Å². The first-order valence-corrected chi connectivity index (χ1v) is 12.8. The minimum Gasteiger partial charge on any atom is -0.489 e. The lowest BCUT2D eigenvalue weighted by molar-refractivity contribution is 0.191. The van der Waals surface area contributed by atoms with E-state index in [0.29, 0.717) is 5.75 Å². The molecule has 0 amide bonds. The lowest BCUT2D eigenvalue weighted by atomic mass is 10.0. The van der Waals surface area contributed by atoms with Crippen LogP contribution in [0.1, 0.15) is 17.0 Å². The average Bonchev–Trinajstić information content (AvgIpc) is 2.83. The average molecular weight is 440 g/mol. The SMILES string of the molecule is O=P1(C=CC2OC=Cc3c2pcc2ccccc32)Oc2ccccc2-c2ccccc21. The van der Waals surface area contributed by atoms with Crippen molar-refractivity contribution in [2.75, 3.05) is 0 Å². The Kier molecular flexibility index (Phi) is 4.35. The van der Waals surface area contributed by atoms with E-state index in [9.17, 15) is 4.57 Å². The summed E-state index contributed by atoms with van der Waals surface area (Å²) in [7, 11) is -2.15. The molecule has 2 unspecified atom stereocenters. The summed E-state index contributed by atoms with van der Waals surface area (Å²) in [6.45, 7) is 0. The van der Waals surface area contributed by atoms with Crippen LogP contribution in [0.15, 0.2) is 96.7 Å². The minimum absolute atomic E-state index is 0.287. The van der Waals surface area contributed by atoms with Crippen molar-refractivity contribution in [1.29, 1.82) is 0 Å². The van der Waals surface area contributed by atoms with Gasteiger partial charge in [-0.25, -0.2) is 0 Å². The number of fused-ring (bicyclic) bond motifs is 6. The molecular weight excluding hydrogens is 422 g/mol. The van der Waals surface area contributed by atoms with Crippen LogP contribution < -0.4 is 9.83 Å². The second kappa shape index (κ2) is 7.24. The molecule has 31 heavy (non-hydrogen) atoms. The highest BCUT2D eigenvalue weighted by molar-refractivity contribution is 7.70. The summed E-state index contributed by atoms with van der Waals surface area (Å²) in [5.74, 6) is 4.56. The molecule has 0 saturated heterocycles. The van der Waals surface area contributed by atoms with Gasteiger partial charge in [-0.15, -0.1) is 0 Å². The van der Waals surface area contributed by atoms with E-state index in [1.54, 1.807) is 12.1 Å². The van der Waals surface area contributed by atoms with Crippen molar-refractivity contribution in [2.45, 2.75) is 6.10 Å². The van der Waals surface area contributed by atoms with Crippen LogP contribution >= 0.6 is 15.6 Å². The normalized spacial score (nSPS) is 21.4. The van der Waals surface area contributed by atoms with Crippen molar-refractivity contribution in [1.82, 2.24) is 0 Å². The van der Waals surface area contributed by atoms with E-state index >= 15 is 0 Å². The molecule has 3 heterocycles. The summed E-state index contributed by atoms with van der Waals surface area (Å²) in [5, 5.41) is 4.30. The molecule has 0 spiro atoms. The fraction of sp³-hybridized carbons (Fsp3) is 0.0385. The largest absolute Gasteiger partial charge is 0.489 e. The second-order valence-corrected chi connectivity index (χ2v) is 10.7. The zero-order valence-corrected chi connectivity index (χ0v) is 18.3. The van der Waals surface area contributed by atoms with Crippen LogP contribution in [0, 0.1) is 0 Å². The number of benzene rings is 3. The maximum absolute atomic E-state index is 14.0. The van der Waals surface area contributed by atoms with Crippen LogP contribution in [0.4, 0.5) is 0 Å². The second-order valence-electron chi connectivity index (χ2n) is 7.55. The summed E-state index contributed by atoms with van der Waals surface area (Å²) in [4.78, 5) is 0. The molecule has 6 rings (SSSR count). The molecule has 4 aromatic rings. The van der Waals surface area contributed by atoms with Gasteiger partial charge in [-0.1, -0.05) is 68.9 Å². The summed E-state index contributed by atoms with van der Waals surface area (Å²) in [6.07, 6.45) is 5.35. The molecule has 5 heteroatoms. The van der Waals surface area contributed by atoms with Gasteiger partial charge in [0, 0.05) is 16.7 Å². The van der Waals surface area contributed by atoms with Gasteiger partial charge in [-0.2, -0.15) is 0 Å². The number of hydrogen-bond acceptors (Lipinski definition) is 3. The summed E-state index contributed by atoms with van der Waals surface area (Å²) in [6, 6.07) is 23.9. The van der Waals surface area contributed by atoms with Gasteiger partial charge in [-0.3, -0.25) is 4.57 Å². The quantitative estimate of drug-likeness (QED) is 0.301. The Morgan fingerprint density at radius 2 is 1.68 bits per heavy atom. The predicted molar refractivity (Wildman–Crippen MR) is 128 cm³/mol. The molecule has 2 aliphatic heterocycles. The molecule has 0 fully saturated rings. The Bertz CT molecular complexity index is 1440. The van der Waals surface area contributed by atoms with Crippen LogP contribution in [-0.2, 0) is 9.30 Å². The molecule has 2 aliphatic rings. The molecule has 0 radical (unpaired) electrons. The van der Waals surface area contributed by atoms with Crippen LogP contribution in [0.2, 0.25) is 0 Å². The van der Waals surface area contributed by atoms with Crippen molar-refractivity contribution in [3.63, 3.8) is 0 Å². The fourth-order valence-corrected chi connectivity index (χ4v) is 7.35. The highest BCUT2D eigenvalue weighted by atomic mass is 31.2. The summed E-state index contributed by atoms with van der Waals surface area (Å²) in [5.41, 5.74) is 3.10. The first-order valence-electron chi connectivity index (χ1n) is 10.1. The Morgan fingerprint density at radius 3 is 2.61 bits per heavy atom. The Balaban J connectivity index is 1.43. The zero-order chi connectivity index (χ0) is 20.8. The van der Waals surface area contributed by atoms with Gasteiger partial charge < -0.3 is 9.26 Å². The molecule has 2 atom stereocenters. The van der Waals surface area contributed by atoms with Crippen molar-refractivity contribution in [3.8, 4) is 16.9 Å². The van der Waals surface area contributed by atoms with E-state index < -0.39 is 7.37 Å². The molecule has 3 nitrogen and oxygen atoms in total. The Hall–Kier alpha value is -3.12. The van der Waals surface area contributed by atoms with Crippen molar-refractivity contribution in [2.24, 2.45) is 0 Å². The van der Waals surface area contributed by atoms with Crippen LogP contribution in [0.25, 0.3) is 28.0 Å². The number of ether oxygens (including phenoxy) is 1. The highest BCUT2D eigenvalue weighted by Gasteiger charge is 2.34. The third kappa shape index (κ3) is 3.05. The number of hydrogen-bond donors (Lipinski definition) is 0. The van der Waals surface area contributed by atoms with Gasteiger partial charge in [-0.05, 0) is 52.0 Å². The Labute approximate surface area is 182 Å². The van der Waals surface area contributed by atoms with Gasteiger partial charge in [0.1, 0.15) is 11.9 Å². The zero-order valence-electron chi connectivity index (χ0n) is 16.5. The van der Waals surface area contributed by atoms with E-state index in [2.05, 4.69) is 30.1 Å². The maximum atomic E-state index is 14.0. The molecule has 0 N–H and O–H groups in total. The van der Waals surface area contributed by atoms with E-state index in [1.807, 2.05) is 60.7 Å². The smallest absolute Gasteiger partial charge is 0.300 e. The van der Waals surface area contributed by atoms with Crippen LogP contribution in [-0.4, -0.2) is 0 Å². The standard InChI is InChI=1S/C26H18O3P2/c27-31(25-12-6-4-10-21(25)20-9-3-5-11-23(20)29-31)16-14-24-26-22(13-15-28-24)19-8-2-1-7-18(19)17-30-26/h1-17,24H. The third-order valence-electron chi connectivity index (χ3n) is 5.71. The van der Waals surface area contributed by atoms with E-state index in [-0.39, 0.29) is 6.10 Å². The van der Waals surface area contributed by atoms with Gasteiger partial charge >= 0.3 is 0 Å². The topological polar surface area (TPSA) is 35.5 Å². The highest BCUT2D eigenvalue weighted by Crippen LogP contribution is 2.56. The minimum atomic E-state index is -3.24. The third-order valence-corrected chi connectivity index (χ3v) is 8.98. The number of para-hydroxylation sites is 1. The summed E-state index contributed by atoms with van der Waals surface area (Å²) < 4.78 is 26.0. The van der Waals surface area contributed by atoms with Gasteiger partial charge in [0.15, 0.2) is 0 Å². The van der Waals surface area contributed by atoms with Gasteiger partial charge in [0.05, 0.1) is 11.6 Å². The molecule has 3 aromatic carbocycles. The first kappa shape index (κ1) is 18.6.